The first-order valence-electron chi connectivity index (χ1n) is 5.42. The highest BCUT2D eigenvalue weighted by Gasteiger charge is 2.22. The molecule has 5 nitrogen and oxygen atoms in total. The largest absolute Gasteiger partial charge is 0.481 e. The van der Waals surface area contributed by atoms with E-state index >= 15 is 0 Å². The third-order valence-corrected chi connectivity index (χ3v) is 5.69. The number of carboxylic acid groups (broad SMARTS) is 1. The molecule has 19 heavy (non-hydrogen) atoms. The smallest absolute Gasteiger partial charge is 0.303 e. The summed E-state index contributed by atoms with van der Waals surface area (Å²) in [6.45, 7) is 1.85. The van der Waals surface area contributed by atoms with Crippen LogP contribution in [0.5, 0.6) is 0 Å². The zero-order valence-corrected chi connectivity index (χ0v) is 13.2. The normalized spacial score (nSPS) is 13.4. The third-order valence-electron chi connectivity index (χ3n) is 2.52. The molecule has 0 aliphatic heterocycles. The van der Waals surface area contributed by atoms with Crippen LogP contribution < -0.4 is 4.72 Å². The molecule has 0 radical (unpaired) electrons. The molecule has 0 spiro atoms. The van der Waals surface area contributed by atoms with E-state index in [1.807, 2.05) is 0 Å². The molecule has 0 bridgehead atoms. The predicted octanol–water partition coefficient (Wildman–Crippen LogP) is 2.83. The maximum atomic E-state index is 12.0. The Hall–Kier alpha value is -0.340. The lowest BCUT2D eigenvalue weighted by Gasteiger charge is -2.13. The maximum Gasteiger partial charge on any atom is 0.303 e. The van der Waals surface area contributed by atoms with Gasteiger partial charge in [-0.3, -0.25) is 4.79 Å². The Morgan fingerprint density at radius 1 is 1.53 bits per heavy atom. The van der Waals surface area contributed by atoms with Crippen LogP contribution >= 0.6 is 34.5 Å². The SMILES string of the molecule is CCC(CNS(=O)(=O)c1cc(Cl)sc1Cl)CC(=O)O. The van der Waals surface area contributed by atoms with E-state index in [9.17, 15) is 13.2 Å². The van der Waals surface area contributed by atoms with E-state index in [2.05, 4.69) is 4.72 Å². The lowest BCUT2D eigenvalue weighted by Crippen LogP contribution is -2.30. The first kappa shape index (κ1) is 16.7. The Morgan fingerprint density at radius 2 is 2.16 bits per heavy atom. The molecule has 0 aliphatic rings. The lowest BCUT2D eigenvalue weighted by molar-refractivity contribution is -0.138. The number of halogens is 2. The molecule has 1 aromatic rings. The van der Waals surface area contributed by atoms with Crippen molar-refractivity contribution in [3.05, 3.63) is 14.7 Å². The monoisotopic (exact) mass is 345 g/mol. The van der Waals surface area contributed by atoms with Gasteiger partial charge in [-0.2, -0.15) is 0 Å². The molecule has 2 N–H and O–H groups in total. The van der Waals surface area contributed by atoms with Crippen LogP contribution in [0.1, 0.15) is 19.8 Å². The maximum absolute atomic E-state index is 12.0. The zero-order valence-electron chi connectivity index (χ0n) is 10.0. The number of sulfonamides is 1. The summed E-state index contributed by atoms with van der Waals surface area (Å²) in [7, 11) is -3.76. The molecular formula is C10H13Cl2NO4S2. The number of hydrogen-bond donors (Lipinski definition) is 2. The number of thiophene rings is 1. The second-order valence-corrected chi connectivity index (χ2v) is 7.93. The second kappa shape index (κ2) is 6.90. The highest BCUT2D eigenvalue weighted by atomic mass is 35.5. The van der Waals surface area contributed by atoms with Gasteiger partial charge in [0.1, 0.15) is 9.23 Å². The van der Waals surface area contributed by atoms with Gasteiger partial charge in [-0.15, -0.1) is 11.3 Å². The summed E-state index contributed by atoms with van der Waals surface area (Å²) in [5, 5.41) is 8.69. The van der Waals surface area contributed by atoms with Crippen LogP contribution in [-0.4, -0.2) is 26.0 Å². The fourth-order valence-electron chi connectivity index (χ4n) is 1.42. The van der Waals surface area contributed by atoms with Crippen molar-refractivity contribution in [1.29, 1.82) is 0 Å². The van der Waals surface area contributed by atoms with Crippen molar-refractivity contribution < 1.29 is 18.3 Å². The number of hydrogen-bond acceptors (Lipinski definition) is 4. The van der Waals surface area contributed by atoms with Gasteiger partial charge in [0, 0.05) is 13.0 Å². The summed E-state index contributed by atoms with van der Waals surface area (Å²) < 4.78 is 26.7. The van der Waals surface area contributed by atoms with Crippen LogP contribution in [0.15, 0.2) is 11.0 Å². The summed E-state index contributed by atoms with van der Waals surface area (Å²) in [6, 6.07) is 1.27. The van der Waals surface area contributed by atoms with Gasteiger partial charge < -0.3 is 5.11 Å². The van der Waals surface area contributed by atoms with Crippen molar-refractivity contribution in [2.24, 2.45) is 5.92 Å². The summed E-state index contributed by atoms with van der Waals surface area (Å²) in [5.74, 6) is -1.22. The van der Waals surface area contributed by atoms with Crippen molar-refractivity contribution in [3.8, 4) is 0 Å². The fourth-order valence-corrected chi connectivity index (χ4v) is 4.68. The molecule has 1 aromatic heterocycles. The number of rotatable bonds is 7. The molecule has 1 rings (SSSR count). The highest BCUT2D eigenvalue weighted by Crippen LogP contribution is 2.34. The minimum absolute atomic E-state index is 0.0505. The topological polar surface area (TPSA) is 83.5 Å². The summed E-state index contributed by atoms with van der Waals surface area (Å²) >= 11 is 12.4. The minimum atomic E-state index is -3.76. The van der Waals surface area contributed by atoms with Crippen LogP contribution in [0.25, 0.3) is 0 Å². The number of carbonyl (C=O) groups is 1. The zero-order chi connectivity index (χ0) is 14.6. The van der Waals surface area contributed by atoms with E-state index in [4.69, 9.17) is 28.3 Å². The molecule has 9 heteroatoms. The Morgan fingerprint density at radius 3 is 2.58 bits per heavy atom. The number of nitrogens with one attached hydrogen (secondary N) is 1. The molecule has 1 atom stereocenters. The molecule has 0 saturated carbocycles. The fraction of sp³-hybridized carbons (Fsp3) is 0.500. The van der Waals surface area contributed by atoms with Gasteiger partial charge in [-0.25, -0.2) is 13.1 Å². The van der Waals surface area contributed by atoms with E-state index < -0.39 is 16.0 Å². The van der Waals surface area contributed by atoms with Crippen molar-refractivity contribution in [2.45, 2.75) is 24.7 Å². The number of carboxylic acids is 1. The van der Waals surface area contributed by atoms with Gasteiger partial charge in [-0.1, -0.05) is 36.5 Å². The minimum Gasteiger partial charge on any atom is -0.481 e. The molecule has 0 fully saturated rings. The Balaban J connectivity index is 2.75. The first-order chi connectivity index (χ1) is 8.76. The molecule has 0 aliphatic carbocycles. The standard InChI is InChI=1S/C10H13Cl2NO4S2/c1-2-6(3-9(14)15)5-13-19(16,17)7-4-8(11)18-10(7)12/h4,6,13H,2-3,5H2,1H3,(H,14,15). The summed E-state index contributed by atoms with van der Waals surface area (Å²) in [6.07, 6.45) is 0.476. The van der Waals surface area contributed by atoms with E-state index in [0.29, 0.717) is 6.42 Å². The van der Waals surface area contributed by atoms with Crippen LogP contribution in [0.3, 0.4) is 0 Å². The van der Waals surface area contributed by atoms with Crippen molar-refractivity contribution in [3.63, 3.8) is 0 Å². The van der Waals surface area contributed by atoms with Gasteiger partial charge in [-0.05, 0) is 12.0 Å². The van der Waals surface area contributed by atoms with E-state index in [1.54, 1.807) is 6.92 Å². The third kappa shape index (κ3) is 4.92. The van der Waals surface area contributed by atoms with Crippen LogP contribution in [0.4, 0.5) is 0 Å². The van der Waals surface area contributed by atoms with Gasteiger partial charge >= 0.3 is 5.97 Å². The number of aliphatic carboxylic acids is 1. The highest BCUT2D eigenvalue weighted by molar-refractivity contribution is 7.89. The molecule has 0 saturated heterocycles. The van der Waals surface area contributed by atoms with Gasteiger partial charge in [0.05, 0.1) is 4.34 Å². The Labute approximate surface area is 125 Å². The predicted molar refractivity (Wildman–Crippen MR) is 75.6 cm³/mol. The summed E-state index contributed by atoms with van der Waals surface area (Å²) in [5.41, 5.74) is 0. The molecule has 1 heterocycles. The quantitative estimate of drug-likeness (QED) is 0.795. The molecular weight excluding hydrogens is 333 g/mol. The second-order valence-electron chi connectivity index (χ2n) is 3.91. The molecule has 108 valence electrons. The first-order valence-corrected chi connectivity index (χ1v) is 8.48. The Bertz CT molecular complexity index is 556. The van der Waals surface area contributed by atoms with Crippen molar-refractivity contribution in [1.82, 2.24) is 4.72 Å². The molecule has 0 amide bonds. The van der Waals surface area contributed by atoms with E-state index in [1.165, 1.54) is 6.07 Å². The average Bonchev–Trinajstić information content (AvgIpc) is 2.64. The van der Waals surface area contributed by atoms with Crippen molar-refractivity contribution >= 4 is 50.5 Å². The van der Waals surface area contributed by atoms with Crippen LogP contribution in [0.2, 0.25) is 8.67 Å². The van der Waals surface area contributed by atoms with Crippen LogP contribution in [0, 0.1) is 5.92 Å². The van der Waals surface area contributed by atoms with Crippen LogP contribution in [-0.2, 0) is 14.8 Å². The lowest BCUT2D eigenvalue weighted by atomic mass is 10.0. The average molecular weight is 346 g/mol. The van der Waals surface area contributed by atoms with E-state index in [-0.39, 0.29) is 32.5 Å². The van der Waals surface area contributed by atoms with Gasteiger partial charge in [0.2, 0.25) is 10.0 Å². The Kier molecular flexibility index (Phi) is 6.07. The van der Waals surface area contributed by atoms with E-state index in [0.717, 1.165) is 11.3 Å². The van der Waals surface area contributed by atoms with Gasteiger partial charge in [0.25, 0.3) is 0 Å². The molecule has 0 aromatic carbocycles. The molecule has 1 unspecified atom stereocenters. The summed E-state index contributed by atoms with van der Waals surface area (Å²) in [4.78, 5) is 10.5. The van der Waals surface area contributed by atoms with Gasteiger partial charge in [0.15, 0.2) is 0 Å². The van der Waals surface area contributed by atoms with Crippen molar-refractivity contribution in [2.75, 3.05) is 6.54 Å².